The number of rotatable bonds is 8. The van der Waals surface area contributed by atoms with Crippen molar-refractivity contribution in [2.45, 2.75) is 42.2 Å². The molecule has 0 saturated heterocycles. The van der Waals surface area contributed by atoms with Gasteiger partial charge >= 0.3 is 0 Å². The number of ether oxygens (including phenoxy) is 1. The van der Waals surface area contributed by atoms with Crippen molar-refractivity contribution >= 4 is 17.9 Å². The fourth-order valence-electron chi connectivity index (χ4n) is 2.95. The molecule has 0 atom stereocenters. The van der Waals surface area contributed by atoms with Crippen LogP contribution in [0.1, 0.15) is 0 Å². The maximum atomic E-state index is 13.3. The second-order valence-corrected chi connectivity index (χ2v) is 15.6. The first-order valence-electron chi connectivity index (χ1n) is 9.41. The molecule has 148 valence electrons. The Hall–Kier alpha value is -2.15. The van der Waals surface area contributed by atoms with Crippen LogP contribution in [0.2, 0.25) is 25.7 Å². The summed E-state index contributed by atoms with van der Waals surface area (Å²) in [6.45, 7) is 7.95. The number of nitrogens with zero attached hydrogens (tertiary/aromatic N) is 1. The Morgan fingerprint density at radius 1 is 0.893 bits per heavy atom. The van der Waals surface area contributed by atoms with Crippen LogP contribution in [0.4, 0.5) is 0 Å². The predicted molar refractivity (Wildman–Crippen MR) is 116 cm³/mol. The lowest BCUT2D eigenvalue weighted by molar-refractivity contribution is 0.0884. The van der Waals surface area contributed by atoms with Crippen molar-refractivity contribution in [2.75, 3.05) is 6.61 Å². The molecule has 3 rings (SSSR count). The molecule has 0 saturated carbocycles. The van der Waals surface area contributed by atoms with Crippen molar-refractivity contribution in [3.05, 3.63) is 72.9 Å². The van der Waals surface area contributed by atoms with Gasteiger partial charge in [-0.2, -0.15) is 0 Å². The van der Waals surface area contributed by atoms with Crippen molar-refractivity contribution in [1.82, 2.24) is 4.57 Å². The molecular formula is C22H27NO3SSi. The first kappa shape index (κ1) is 20.6. The van der Waals surface area contributed by atoms with Gasteiger partial charge in [0.1, 0.15) is 6.73 Å². The molecule has 0 amide bonds. The molecule has 28 heavy (non-hydrogen) atoms. The summed E-state index contributed by atoms with van der Waals surface area (Å²) in [6.07, 6.45) is 1.80. The van der Waals surface area contributed by atoms with Gasteiger partial charge in [0.2, 0.25) is 9.84 Å². The Labute approximate surface area is 168 Å². The Morgan fingerprint density at radius 2 is 1.50 bits per heavy atom. The van der Waals surface area contributed by atoms with E-state index >= 15 is 0 Å². The van der Waals surface area contributed by atoms with E-state index in [2.05, 4.69) is 19.6 Å². The molecule has 0 bridgehead atoms. The Morgan fingerprint density at radius 3 is 2.11 bits per heavy atom. The quantitative estimate of drug-likeness (QED) is 0.372. The lowest BCUT2D eigenvalue weighted by atomic mass is 10.1. The second kappa shape index (κ2) is 8.47. The van der Waals surface area contributed by atoms with Crippen molar-refractivity contribution in [2.24, 2.45) is 0 Å². The van der Waals surface area contributed by atoms with Crippen LogP contribution in [0.15, 0.2) is 82.7 Å². The molecule has 0 aliphatic rings. The molecule has 1 aromatic heterocycles. The van der Waals surface area contributed by atoms with E-state index in [1.165, 1.54) is 0 Å². The fraction of sp³-hybridized carbons (Fsp3) is 0.273. The van der Waals surface area contributed by atoms with Crippen LogP contribution in [0.5, 0.6) is 0 Å². The zero-order valence-electron chi connectivity index (χ0n) is 16.6. The molecule has 1 heterocycles. The van der Waals surface area contributed by atoms with Gasteiger partial charge in [0, 0.05) is 20.9 Å². The van der Waals surface area contributed by atoms with E-state index in [9.17, 15) is 8.42 Å². The molecule has 0 radical (unpaired) electrons. The highest BCUT2D eigenvalue weighted by atomic mass is 32.2. The van der Waals surface area contributed by atoms with Crippen LogP contribution >= 0.6 is 0 Å². The second-order valence-electron chi connectivity index (χ2n) is 8.03. The van der Waals surface area contributed by atoms with Gasteiger partial charge in [-0.25, -0.2) is 8.42 Å². The minimum absolute atomic E-state index is 0.296. The number of benzene rings is 2. The highest BCUT2D eigenvalue weighted by Crippen LogP contribution is 2.32. The van der Waals surface area contributed by atoms with Gasteiger partial charge in [-0.05, 0) is 29.8 Å². The van der Waals surface area contributed by atoms with Crippen LogP contribution in [-0.2, 0) is 21.3 Å². The van der Waals surface area contributed by atoms with Crippen molar-refractivity contribution in [1.29, 1.82) is 0 Å². The van der Waals surface area contributed by atoms with Gasteiger partial charge in [0.05, 0.1) is 15.5 Å². The number of aromatic nitrogens is 1. The van der Waals surface area contributed by atoms with E-state index < -0.39 is 17.9 Å². The summed E-state index contributed by atoms with van der Waals surface area (Å²) in [7, 11) is -4.79. The minimum Gasteiger partial charge on any atom is -0.361 e. The summed E-state index contributed by atoms with van der Waals surface area (Å²) in [6, 6.07) is 20.9. The molecule has 3 aromatic rings. The van der Waals surface area contributed by atoms with E-state index in [0.29, 0.717) is 28.8 Å². The average Bonchev–Trinajstić information content (AvgIpc) is 3.11. The topological polar surface area (TPSA) is 48.3 Å². The SMILES string of the molecule is C[Si](C)(C)CCOCn1ccc(S(=O)(=O)c2ccccc2)c1-c1ccccc1. The summed E-state index contributed by atoms with van der Waals surface area (Å²) in [5.41, 5.74) is 1.52. The van der Waals surface area contributed by atoms with Gasteiger partial charge in [-0.1, -0.05) is 68.2 Å². The first-order chi connectivity index (χ1) is 13.3. The average molecular weight is 414 g/mol. The molecule has 6 heteroatoms. The Bertz CT molecular complexity index is 1010. The molecule has 0 spiro atoms. The predicted octanol–water partition coefficient (Wildman–Crippen LogP) is 5.30. The lowest BCUT2D eigenvalue weighted by Gasteiger charge is -2.17. The normalized spacial score (nSPS) is 12.2. The smallest absolute Gasteiger partial charge is 0.208 e. The molecule has 2 aromatic carbocycles. The minimum atomic E-state index is -3.62. The van der Waals surface area contributed by atoms with E-state index in [0.717, 1.165) is 11.6 Å². The zero-order chi connectivity index (χ0) is 20.2. The fourth-order valence-corrected chi connectivity index (χ4v) is 5.20. The largest absolute Gasteiger partial charge is 0.361 e. The van der Waals surface area contributed by atoms with Crippen LogP contribution in [0.3, 0.4) is 0 Å². The summed E-state index contributed by atoms with van der Waals surface area (Å²) in [4.78, 5) is 0.600. The first-order valence-corrected chi connectivity index (χ1v) is 14.6. The molecule has 4 nitrogen and oxygen atoms in total. The Kier molecular flexibility index (Phi) is 6.22. The maximum absolute atomic E-state index is 13.3. The molecule has 0 fully saturated rings. The van der Waals surface area contributed by atoms with E-state index in [-0.39, 0.29) is 0 Å². The van der Waals surface area contributed by atoms with Gasteiger partial charge in [0.25, 0.3) is 0 Å². The number of hydrogen-bond acceptors (Lipinski definition) is 3. The molecule has 0 aliphatic carbocycles. The van der Waals surface area contributed by atoms with Gasteiger partial charge in [-0.15, -0.1) is 0 Å². The van der Waals surface area contributed by atoms with Crippen LogP contribution in [0, 0.1) is 0 Å². The number of sulfone groups is 1. The third-order valence-corrected chi connectivity index (χ3v) is 8.05. The van der Waals surface area contributed by atoms with Crippen molar-refractivity contribution in [3.8, 4) is 11.3 Å². The highest BCUT2D eigenvalue weighted by Gasteiger charge is 2.25. The highest BCUT2D eigenvalue weighted by molar-refractivity contribution is 7.91. The van der Waals surface area contributed by atoms with Gasteiger partial charge in [0.15, 0.2) is 0 Å². The summed E-state index contributed by atoms with van der Waals surface area (Å²) < 4.78 is 34.3. The molecule has 0 aliphatic heterocycles. The van der Waals surface area contributed by atoms with Gasteiger partial charge < -0.3 is 9.30 Å². The van der Waals surface area contributed by atoms with E-state index in [1.54, 1.807) is 36.5 Å². The maximum Gasteiger partial charge on any atom is 0.208 e. The number of hydrogen-bond donors (Lipinski definition) is 0. The monoisotopic (exact) mass is 413 g/mol. The lowest BCUT2D eigenvalue weighted by Crippen LogP contribution is -2.22. The molecule has 0 unspecified atom stereocenters. The van der Waals surface area contributed by atoms with Crippen LogP contribution in [0.25, 0.3) is 11.3 Å². The molecular weight excluding hydrogens is 386 g/mol. The summed E-state index contributed by atoms with van der Waals surface area (Å²) in [5, 5.41) is 0. The van der Waals surface area contributed by atoms with E-state index in [4.69, 9.17) is 4.74 Å². The van der Waals surface area contributed by atoms with E-state index in [1.807, 2.05) is 41.0 Å². The molecule has 0 N–H and O–H groups in total. The Balaban J connectivity index is 1.97. The standard InChI is InChI=1S/C22H27NO3SSi/c1-28(2,3)17-16-26-18-23-15-14-21(22(23)19-10-6-4-7-11-19)27(24,25)20-12-8-5-9-13-20/h4-15H,16-18H2,1-3H3. The third-order valence-electron chi connectivity index (χ3n) is 4.54. The summed E-state index contributed by atoms with van der Waals surface area (Å²) in [5.74, 6) is 0. The van der Waals surface area contributed by atoms with Gasteiger partial charge in [-0.3, -0.25) is 0 Å². The summed E-state index contributed by atoms with van der Waals surface area (Å²) >= 11 is 0. The zero-order valence-corrected chi connectivity index (χ0v) is 18.4. The van der Waals surface area contributed by atoms with Crippen LogP contribution < -0.4 is 0 Å². The third kappa shape index (κ3) is 4.81. The van der Waals surface area contributed by atoms with Crippen molar-refractivity contribution < 1.29 is 13.2 Å². The van der Waals surface area contributed by atoms with Crippen LogP contribution in [-0.4, -0.2) is 27.7 Å². The van der Waals surface area contributed by atoms with Crippen molar-refractivity contribution in [3.63, 3.8) is 0 Å².